The number of carbonyl (C=O) groups excluding carboxylic acids is 2. The predicted molar refractivity (Wildman–Crippen MR) is 72.4 cm³/mol. The number of methoxy groups -OCH3 is 1. The summed E-state index contributed by atoms with van der Waals surface area (Å²) in [6.45, 7) is 2.18. The lowest BCUT2D eigenvalue weighted by Crippen LogP contribution is -2.23. The average Bonchev–Trinajstić information content (AvgIpc) is 3.09. The molecule has 2 rings (SSSR count). The number of thioether (sulfide) groups is 1. The van der Waals surface area contributed by atoms with Crippen LogP contribution < -0.4 is 0 Å². The molecule has 1 saturated carbocycles. The third-order valence-corrected chi connectivity index (χ3v) is 4.93. The van der Waals surface area contributed by atoms with E-state index in [2.05, 4.69) is 9.72 Å². The number of carbonyl (C=O) groups is 2. The van der Waals surface area contributed by atoms with Crippen LogP contribution in [0.2, 0.25) is 0 Å². The Balaban J connectivity index is 2.01. The summed E-state index contributed by atoms with van der Waals surface area (Å²) in [7, 11) is 1.36. The van der Waals surface area contributed by atoms with Gasteiger partial charge in [0.15, 0.2) is 4.34 Å². The summed E-state index contributed by atoms with van der Waals surface area (Å²) in [4.78, 5) is 27.4. The maximum absolute atomic E-state index is 11.9. The van der Waals surface area contributed by atoms with Crippen LogP contribution in [0.25, 0.3) is 0 Å². The Bertz CT molecular complexity index is 482. The van der Waals surface area contributed by atoms with Crippen LogP contribution in [0.5, 0.6) is 0 Å². The van der Waals surface area contributed by atoms with Gasteiger partial charge in [-0.25, -0.2) is 4.98 Å². The van der Waals surface area contributed by atoms with E-state index in [0.29, 0.717) is 6.61 Å². The van der Waals surface area contributed by atoms with Crippen LogP contribution >= 0.6 is 23.1 Å². The van der Waals surface area contributed by atoms with E-state index in [4.69, 9.17) is 4.74 Å². The van der Waals surface area contributed by atoms with Crippen molar-refractivity contribution in [3.8, 4) is 0 Å². The number of rotatable bonds is 6. The quantitative estimate of drug-likeness (QED) is 0.591. The summed E-state index contributed by atoms with van der Waals surface area (Å²) >= 11 is 2.76. The van der Waals surface area contributed by atoms with Crippen molar-refractivity contribution in [2.24, 2.45) is 0 Å². The molecule has 0 N–H and O–H groups in total. The summed E-state index contributed by atoms with van der Waals surface area (Å²) in [6, 6.07) is 0. The maximum Gasteiger partial charge on any atom is 0.318 e. The van der Waals surface area contributed by atoms with Crippen molar-refractivity contribution >= 4 is 35.0 Å². The van der Waals surface area contributed by atoms with Gasteiger partial charge in [-0.1, -0.05) is 11.8 Å². The standard InChI is InChI=1S/C12H15NO4S2/c1-3-17-10(15)12(4-5-12)8-6-18-11(13-8)19-7-9(14)16-2/h6H,3-5,7H2,1-2H3. The fourth-order valence-electron chi connectivity index (χ4n) is 1.68. The number of ether oxygens (including phenoxy) is 2. The molecule has 1 heterocycles. The third-order valence-electron chi connectivity index (χ3n) is 2.93. The lowest BCUT2D eigenvalue weighted by Gasteiger charge is -2.10. The van der Waals surface area contributed by atoms with Crippen molar-refractivity contribution in [2.75, 3.05) is 19.5 Å². The van der Waals surface area contributed by atoms with Gasteiger partial charge in [0, 0.05) is 5.38 Å². The van der Waals surface area contributed by atoms with Crippen molar-refractivity contribution < 1.29 is 19.1 Å². The van der Waals surface area contributed by atoms with Gasteiger partial charge in [0.25, 0.3) is 0 Å². The number of thiazole rings is 1. The van der Waals surface area contributed by atoms with Gasteiger partial charge < -0.3 is 9.47 Å². The van der Waals surface area contributed by atoms with Crippen LogP contribution in [0.1, 0.15) is 25.5 Å². The largest absolute Gasteiger partial charge is 0.468 e. The van der Waals surface area contributed by atoms with Gasteiger partial charge in [0.05, 0.1) is 25.2 Å². The summed E-state index contributed by atoms with van der Waals surface area (Å²) in [5.74, 6) is -0.242. The minimum atomic E-state index is -0.531. The number of aromatic nitrogens is 1. The molecule has 0 amide bonds. The van der Waals surface area contributed by atoms with Crippen LogP contribution in [-0.2, 0) is 24.5 Å². The molecule has 7 heteroatoms. The topological polar surface area (TPSA) is 65.5 Å². The predicted octanol–water partition coefficient (Wildman–Crippen LogP) is 2.00. The first-order valence-electron chi connectivity index (χ1n) is 5.95. The van der Waals surface area contributed by atoms with E-state index >= 15 is 0 Å². The van der Waals surface area contributed by atoms with Crippen LogP contribution in [0.3, 0.4) is 0 Å². The molecule has 0 aromatic carbocycles. The number of hydrogen-bond acceptors (Lipinski definition) is 7. The molecule has 0 radical (unpaired) electrons. The molecule has 1 aromatic rings. The Morgan fingerprint density at radius 2 is 2.26 bits per heavy atom. The first-order chi connectivity index (χ1) is 9.12. The SMILES string of the molecule is CCOC(=O)C1(c2csc(SCC(=O)OC)n2)CC1. The van der Waals surface area contributed by atoms with E-state index in [0.717, 1.165) is 22.9 Å². The second kappa shape index (κ2) is 5.92. The maximum atomic E-state index is 11.9. The van der Waals surface area contributed by atoms with Crippen LogP contribution in [-0.4, -0.2) is 36.4 Å². The highest BCUT2D eigenvalue weighted by Gasteiger charge is 2.54. The molecular weight excluding hydrogens is 286 g/mol. The zero-order valence-electron chi connectivity index (χ0n) is 10.8. The second-order valence-electron chi connectivity index (χ2n) is 4.17. The Morgan fingerprint density at radius 1 is 1.53 bits per heavy atom. The Hall–Kier alpha value is -1.08. The molecule has 0 bridgehead atoms. The van der Waals surface area contributed by atoms with E-state index < -0.39 is 5.41 Å². The van der Waals surface area contributed by atoms with Crippen molar-refractivity contribution in [3.63, 3.8) is 0 Å². The second-order valence-corrected chi connectivity index (χ2v) is 6.25. The number of esters is 2. The zero-order chi connectivity index (χ0) is 13.9. The molecule has 1 aliphatic rings. The summed E-state index contributed by atoms with van der Waals surface area (Å²) in [5, 5.41) is 1.88. The molecule has 0 aliphatic heterocycles. The van der Waals surface area contributed by atoms with Crippen molar-refractivity contribution in [2.45, 2.75) is 29.5 Å². The molecule has 1 aromatic heterocycles. The average molecular weight is 301 g/mol. The number of hydrogen-bond donors (Lipinski definition) is 0. The first kappa shape index (κ1) is 14.3. The van der Waals surface area contributed by atoms with Crippen molar-refractivity contribution in [1.29, 1.82) is 0 Å². The van der Waals surface area contributed by atoms with Gasteiger partial charge in [0.1, 0.15) is 5.41 Å². The van der Waals surface area contributed by atoms with Crippen molar-refractivity contribution in [3.05, 3.63) is 11.1 Å². The molecule has 19 heavy (non-hydrogen) atoms. The smallest absolute Gasteiger partial charge is 0.318 e. The normalized spacial score (nSPS) is 15.9. The Kier molecular flexibility index (Phi) is 4.46. The van der Waals surface area contributed by atoms with Crippen LogP contribution in [0.4, 0.5) is 0 Å². The van der Waals surface area contributed by atoms with E-state index in [1.165, 1.54) is 30.2 Å². The summed E-state index contributed by atoms with van der Waals surface area (Å²) < 4.78 is 10.4. The number of nitrogens with zero attached hydrogens (tertiary/aromatic N) is 1. The van der Waals surface area contributed by atoms with E-state index in [1.54, 1.807) is 6.92 Å². The minimum Gasteiger partial charge on any atom is -0.468 e. The highest BCUT2D eigenvalue weighted by molar-refractivity contribution is 8.01. The third kappa shape index (κ3) is 3.09. The van der Waals surface area contributed by atoms with Gasteiger partial charge in [-0.15, -0.1) is 11.3 Å². The first-order valence-corrected chi connectivity index (χ1v) is 7.81. The van der Waals surface area contributed by atoms with Crippen molar-refractivity contribution in [1.82, 2.24) is 4.98 Å². The minimum absolute atomic E-state index is 0.190. The Labute approximate surface area is 119 Å². The fraction of sp³-hybridized carbons (Fsp3) is 0.583. The molecule has 0 saturated heterocycles. The molecule has 104 valence electrons. The lowest BCUT2D eigenvalue weighted by atomic mass is 10.0. The van der Waals surface area contributed by atoms with Gasteiger partial charge in [-0.05, 0) is 19.8 Å². The van der Waals surface area contributed by atoms with Gasteiger partial charge in [-0.2, -0.15) is 0 Å². The monoisotopic (exact) mass is 301 g/mol. The Morgan fingerprint density at radius 3 is 2.84 bits per heavy atom. The molecule has 0 spiro atoms. The van der Waals surface area contributed by atoms with E-state index in [9.17, 15) is 9.59 Å². The molecule has 0 atom stereocenters. The molecule has 0 unspecified atom stereocenters. The highest BCUT2D eigenvalue weighted by atomic mass is 32.2. The summed E-state index contributed by atoms with van der Waals surface area (Å²) in [6.07, 6.45) is 1.58. The van der Waals surface area contributed by atoms with Gasteiger partial charge in [-0.3, -0.25) is 9.59 Å². The zero-order valence-corrected chi connectivity index (χ0v) is 12.4. The van der Waals surface area contributed by atoms with Crippen LogP contribution in [0.15, 0.2) is 9.72 Å². The highest BCUT2D eigenvalue weighted by Crippen LogP contribution is 2.49. The van der Waals surface area contributed by atoms with Crippen LogP contribution in [0, 0.1) is 0 Å². The van der Waals surface area contributed by atoms with Gasteiger partial charge >= 0.3 is 11.9 Å². The fourth-order valence-corrected chi connectivity index (χ4v) is 3.44. The summed E-state index contributed by atoms with van der Waals surface area (Å²) in [5.41, 5.74) is 0.236. The van der Waals surface area contributed by atoms with E-state index in [1.807, 2.05) is 5.38 Å². The molecular formula is C12H15NO4S2. The van der Waals surface area contributed by atoms with Gasteiger partial charge in [0.2, 0.25) is 0 Å². The molecule has 5 nitrogen and oxygen atoms in total. The molecule has 1 fully saturated rings. The lowest BCUT2D eigenvalue weighted by molar-refractivity contribution is -0.146. The van der Waals surface area contributed by atoms with E-state index in [-0.39, 0.29) is 17.7 Å². The molecule has 1 aliphatic carbocycles.